The predicted molar refractivity (Wildman–Crippen MR) is 137 cm³/mol. The van der Waals surface area contributed by atoms with E-state index in [4.69, 9.17) is 11.6 Å². The van der Waals surface area contributed by atoms with E-state index in [0.29, 0.717) is 9.25 Å². The summed E-state index contributed by atoms with van der Waals surface area (Å²) in [5, 5.41) is 25.6. The molecule has 2 atom stereocenters. The molecule has 228 valence electrons. The van der Waals surface area contributed by atoms with Gasteiger partial charge in [0, 0.05) is 23.7 Å². The molecular formula is C25H24ClF6N5O5. The Morgan fingerprint density at radius 2 is 1.74 bits per heavy atom. The molecule has 1 heterocycles. The van der Waals surface area contributed by atoms with Crippen molar-refractivity contribution >= 4 is 23.6 Å². The molecule has 0 saturated heterocycles. The smallest absolute Gasteiger partial charge is 0.416 e. The highest BCUT2D eigenvalue weighted by Gasteiger charge is 2.39. The Morgan fingerprint density at radius 3 is 2.29 bits per heavy atom. The summed E-state index contributed by atoms with van der Waals surface area (Å²) < 4.78 is 80.2. The lowest BCUT2D eigenvalue weighted by Gasteiger charge is -2.26. The maximum Gasteiger partial charge on any atom is 0.416 e. The Balaban J connectivity index is 1.97. The zero-order chi connectivity index (χ0) is 31.4. The number of alkyl halides is 6. The van der Waals surface area contributed by atoms with E-state index in [9.17, 15) is 50.9 Å². The summed E-state index contributed by atoms with van der Waals surface area (Å²) in [6.45, 7) is -1.21. The number of aliphatic hydroxyl groups is 1. The molecule has 2 amide bonds. The largest absolute Gasteiger partial charge is 0.465 e. The fourth-order valence-electron chi connectivity index (χ4n) is 3.90. The lowest BCUT2D eigenvalue weighted by atomic mass is 10.0. The van der Waals surface area contributed by atoms with Gasteiger partial charge in [-0.1, -0.05) is 23.7 Å². The third-order valence-corrected chi connectivity index (χ3v) is 6.31. The van der Waals surface area contributed by atoms with E-state index in [1.165, 1.54) is 37.3 Å². The topological polar surface area (TPSA) is 130 Å². The number of likely N-dealkylation sites (N-methyl/N-ethyl adjacent to an activating group) is 1. The Labute approximate surface area is 238 Å². The van der Waals surface area contributed by atoms with E-state index in [0.717, 1.165) is 23.1 Å². The summed E-state index contributed by atoms with van der Waals surface area (Å²) in [6.07, 6.45) is -14.2. The van der Waals surface area contributed by atoms with Crippen molar-refractivity contribution < 1.29 is 46.1 Å². The number of carbonyl (C=O) groups excluding carboxylic acids is 1. The molecule has 17 heteroatoms. The Bertz CT molecular complexity index is 1470. The van der Waals surface area contributed by atoms with Gasteiger partial charge < -0.3 is 20.4 Å². The molecule has 3 rings (SSSR count). The minimum absolute atomic E-state index is 0.0729. The van der Waals surface area contributed by atoms with Crippen molar-refractivity contribution in [1.29, 1.82) is 0 Å². The summed E-state index contributed by atoms with van der Waals surface area (Å²) in [7, 11) is 0. The second kappa shape index (κ2) is 12.9. The van der Waals surface area contributed by atoms with Gasteiger partial charge in [-0.15, -0.1) is 5.10 Å². The van der Waals surface area contributed by atoms with Crippen molar-refractivity contribution in [2.45, 2.75) is 44.5 Å². The number of halogens is 7. The van der Waals surface area contributed by atoms with Crippen molar-refractivity contribution in [3.05, 3.63) is 75.2 Å². The van der Waals surface area contributed by atoms with Crippen LogP contribution in [0, 0.1) is 0 Å². The molecule has 10 nitrogen and oxygen atoms in total. The van der Waals surface area contributed by atoms with Crippen LogP contribution in [0.4, 0.5) is 31.1 Å². The molecule has 3 N–H and O–H groups in total. The molecule has 0 aliphatic heterocycles. The lowest BCUT2D eigenvalue weighted by Crippen LogP contribution is -2.42. The van der Waals surface area contributed by atoms with Gasteiger partial charge in [-0.2, -0.15) is 26.3 Å². The Morgan fingerprint density at radius 1 is 1.10 bits per heavy atom. The van der Waals surface area contributed by atoms with E-state index < -0.39 is 67.4 Å². The fourth-order valence-corrected chi connectivity index (χ4v) is 4.03. The summed E-state index contributed by atoms with van der Waals surface area (Å²) in [5.74, 6) is -1.34. The van der Waals surface area contributed by atoms with Crippen LogP contribution in [0.5, 0.6) is 0 Å². The van der Waals surface area contributed by atoms with E-state index in [1.54, 1.807) is 0 Å². The highest BCUT2D eigenvalue weighted by Crippen LogP contribution is 2.31. The van der Waals surface area contributed by atoms with E-state index >= 15 is 0 Å². The zero-order valence-corrected chi connectivity index (χ0v) is 22.4. The lowest BCUT2D eigenvalue weighted by molar-refractivity contribution is -0.207. The van der Waals surface area contributed by atoms with Gasteiger partial charge in [0.05, 0.1) is 18.2 Å². The highest BCUT2D eigenvalue weighted by molar-refractivity contribution is 6.30. The molecule has 1 unspecified atom stereocenters. The number of amides is 2. The molecule has 0 spiro atoms. The second-order valence-corrected chi connectivity index (χ2v) is 9.44. The number of carbonyl (C=O) groups is 2. The van der Waals surface area contributed by atoms with Gasteiger partial charge in [-0.25, -0.2) is 14.3 Å². The van der Waals surface area contributed by atoms with Crippen molar-refractivity contribution in [2.24, 2.45) is 0 Å². The average Bonchev–Trinajstić information content (AvgIpc) is 3.20. The van der Waals surface area contributed by atoms with Crippen molar-refractivity contribution in [3.8, 4) is 11.4 Å². The first-order chi connectivity index (χ1) is 19.5. The van der Waals surface area contributed by atoms with Crippen LogP contribution in [-0.2, 0) is 24.1 Å². The number of nitrogens with one attached hydrogen (secondary N) is 1. The van der Waals surface area contributed by atoms with Gasteiger partial charge in [-0.05, 0) is 48.9 Å². The first-order valence-corrected chi connectivity index (χ1v) is 12.5. The molecule has 2 aromatic carbocycles. The highest BCUT2D eigenvalue weighted by atomic mass is 35.5. The van der Waals surface area contributed by atoms with Crippen LogP contribution in [0.2, 0.25) is 5.02 Å². The normalized spacial score (nSPS) is 13.5. The summed E-state index contributed by atoms with van der Waals surface area (Å²) in [6, 6.07) is 7.98. The van der Waals surface area contributed by atoms with Gasteiger partial charge in [0.2, 0.25) is 5.91 Å². The molecule has 0 fully saturated rings. The number of carboxylic acid groups (broad SMARTS) is 1. The van der Waals surface area contributed by atoms with Crippen molar-refractivity contribution in [2.75, 3.05) is 13.1 Å². The van der Waals surface area contributed by atoms with E-state index in [1.807, 2.05) is 0 Å². The Hall–Kier alpha value is -4.05. The monoisotopic (exact) mass is 623 g/mol. The summed E-state index contributed by atoms with van der Waals surface area (Å²) >= 11 is 5.85. The second-order valence-electron chi connectivity index (χ2n) is 9.00. The number of aromatic nitrogens is 3. The molecule has 3 aromatic rings. The number of benzene rings is 2. The van der Waals surface area contributed by atoms with Gasteiger partial charge in [0.25, 0.3) is 0 Å². The maximum absolute atomic E-state index is 13.3. The van der Waals surface area contributed by atoms with Gasteiger partial charge >= 0.3 is 24.1 Å². The number of nitrogens with zero attached hydrogens (tertiary/aromatic N) is 4. The SMILES string of the molecule is CCN(CC(NC(=O)Cn1nc(-c2ccc(Cl)cc2)n(C[C@H](O)C(F)(F)F)c1=O)c1cccc(C(F)(F)F)c1)C(=O)O. The van der Waals surface area contributed by atoms with Gasteiger partial charge in [-0.3, -0.25) is 9.36 Å². The first kappa shape index (κ1) is 32.5. The number of hydrogen-bond donors (Lipinski definition) is 3. The van der Waals surface area contributed by atoms with Crippen LogP contribution in [-0.4, -0.2) is 66.8 Å². The molecule has 0 bridgehead atoms. The predicted octanol–water partition coefficient (Wildman–Crippen LogP) is 4.16. The van der Waals surface area contributed by atoms with Crippen LogP contribution in [0.3, 0.4) is 0 Å². The first-order valence-electron chi connectivity index (χ1n) is 12.1. The third-order valence-electron chi connectivity index (χ3n) is 6.06. The third kappa shape index (κ3) is 8.03. The minimum atomic E-state index is -5.08. The van der Waals surface area contributed by atoms with Crippen LogP contribution in [0.25, 0.3) is 11.4 Å². The standard InChI is InChI=1S/C25H24ClF6N5O5/c1-2-35(23(41)42)11-18(15-4-3-5-16(10-15)24(27,28)29)33-20(39)13-37-22(40)36(12-19(38)25(30,31)32)21(34-37)14-6-8-17(26)9-7-14/h3-10,18-19,38H,2,11-13H2,1H3,(H,33,39)(H,41,42)/t18?,19-/m0/s1. The number of rotatable bonds is 10. The number of hydrogen-bond acceptors (Lipinski definition) is 5. The minimum Gasteiger partial charge on any atom is -0.465 e. The zero-order valence-electron chi connectivity index (χ0n) is 21.7. The van der Waals surface area contributed by atoms with Gasteiger partial charge in [0.15, 0.2) is 11.9 Å². The summed E-state index contributed by atoms with van der Waals surface area (Å²) in [4.78, 5) is 38.4. The molecule has 0 radical (unpaired) electrons. The molecule has 0 aliphatic carbocycles. The fraction of sp³-hybridized carbons (Fsp3) is 0.360. The average molecular weight is 624 g/mol. The molecule has 42 heavy (non-hydrogen) atoms. The van der Waals surface area contributed by atoms with E-state index in [2.05, 4.69) is 10.4 Å². The van der Waals surface area contributed by atoms with Crippen molar-refractivity contribution in [3.63, 3.8) is 0 Å². The van der Waals surface area contributed by atoms with Crippen molar-refractivity contribution in [1.82, 2.24) is 24.6 Å². The summed E-state index contributed by atoms with van der Waals surface area (Å²) in [5.41, 5.74) is -2.21. The van der Waals surface area contributed by atoms with Gasteiger partial charge in [0.1, 0.15) is 6.54 Å². The molecule has 0 aliphatic rings. The van der Waals surface area contributed by atoms with Crippen LogP contribution < -0.4 is 11.0 Å². The van der Waals surface area contributed by atoms with Crippen LogP contribution in [0.15, 0.2) is 53.3 Å². The molecule has 0 saturated carbocycles. The molecular weight excluding hydrogens is 600 g/mol. The van der Waals surface area contributed by atoms with Crippen LogP contribution in [0.1, 0.15) is 24.1 Å². The molecule has 1 aromatic heterocycles. The quantitative estimate of drug-likeness (QED) is 0.291. The number of aliphatic hydroxyl groups excluding tert-OH is 1. The Kier molecular flexibility index (Phi) is 9.94. The maximum atomic E-state index is 13.3. The van der Waals surface area contributed by atoms with Crippen LogP contribution >= 0.6 is 11.6 Å². The van der Waals surface area contributed by atoms with E-state index in [-0.39, 0.29) is 28.5 Å².